The van der Waals surface area contributed by atoms with Gasteiger partial charge in [-0.05, 0) is 50.7 Å². The molecule has 1 N–H and O–H groups in total. The fraction of sp³-hybridized carbons (Fsp3) is 0.600. The maximum atomic E-state index is 5.64. The van der Waals surface area contributed by atoms with Crippen molar-refractivity contribution in [2.45, 2.75) is 45.6 Å². The van der Waals surface area contributed by atoms with Crippen LogP contribution in [0.5, 0.6) is 5.75 Å². The molecule has 1 aromatic rings. The molecule has 2 nitrogen and oxygen atoms in total. The fourth-order valence-electron chi connectivity index (χ4n) is 2.49. The van der Waals surface area contributed by atoms with Gasteiger partial charge in [0.1, 0.15) is 5.75 Å². The maximum Gasteiger partial charge on any atom is 0.142 e. The molecule has 0 bridgehead atoms. The molecule has 0 radical (unpaired) electrons. The zero-order chi connectivity index (χ0) is 12.1. The Morgan fingerprint density at radius 2 is 1.88 bits per heavy atom. The van der Waals surface area contributed by atoms with E-state index in [0.29, 0.717) is 6.04 Å². The number of hydrogen-bond acceptors (Lipinski definition) is 2. The Labute approximate surface area is 104 Å². The van der Waals surface area contributed by atoms with Crippen LogP contribution in [0.15, 0.2) is 24.3 Å². The molecule has 2 rings (SSSR count). The van der Waals surface area contributed by atoms with Crippen LogP contribution in [0.1, 0.15) is 39.5 Å². The highest BCUT2D eigenvalue weighted by Gasteiger charge is 2.18. The Morgan fingerprint density at radius 1 is 1.18 bits per heavy atom. The van der Waals surface area contributed by atoms with Crippen molar-refractivity contribution in [2.75, 3.05) is 11.9 Å². The van der Waals surface area contributed by atoms with Crippen molar-refractivity contribution in [3.63, 3.8) is 0 Å². The second-order valence-corrected chi connectivity index (χ2v) is 5.03. The summed E-state index contributed by atoms with van der Waals surface area (Å²) in [5.74, 6) is 1.88. The lowest BCUT2D eigenvalue weighted by Gasteiger charge is -2.28. The summed E-state index contributed by atoms with van der Waals surface area (Å²) in [5.41, 5.74) is 1.15. The molecule has 17 heavy (non-hydrogen) atoms. The van der Waals surface area contributed by atoms with E-state index in [1.54, 1.807) is 0 Å². The quantitative estimate of drug-likeness (QED) is 0.846. The van der Waals surface area contributed by atoms with Crippen LogP contribution < -0.4 is 10.1 Å². The SMILES string of the molecule is CCOc1ccccc1NC1CCC(C)CC1. The van der Waals surface area contributed by atoms with E-state index in [9.17, 15) is 0 Å². The minimum atomic E-state index is 0.618. The van der Waals surface area contributed by atoms with Gasteiger partial charge in [0.2, 0.25) is 0 Å². The first-order valence-electron chi connectivity index (χ1n) is 6.78. The molecule has 2 heteroatoms. The number of benzene rings is 1. The number of nitrogens with one attached hydrogen (secondary N) is 1. The molecule has 94 valence electrons. The van der Waals surface area contributed by atoms with Gasteiger partial charge in [-0.3, -0.25) is 0 Å². The number of rotatable bonds is 4. The molecule has 1 fully saturated rings. The second-order valence-electron chi connectivity index (χ2n) is 5.03. The van der Waals surface area contributed by atoms with Crippen LogP contribution in [0.2, 0.25) is 0 Å². The van der Waals surface area contributed by atoms with E-state index in [-0.39, 0.29) is 0 Å². The Bertz CT molecular complexity index is 343. The number of ether oxygens (including phenoxy) is 1. The molecule has 0 heterocycles. The lowest BCUT2D eigenvalue weighted by molar-refractivity contribution is 0.338. The van der Waals surface area contributed by atoms with Crippen LogP contribution in [-0.4, -0.2) is 12.6 Å². The molecule has 1 aromatic carbocycles. The van der Waals surface area contributed by atoms with Crippen molar-refractivity contribution in [2.24, 2.45) is 5.92 Å². The van der Waals surface area contributed by atoms with Crippen molar-refractivity contribution in [1.82, 2.24) is 0 Å². The number of para-hydroxylation sites is 2. The molecule has 0 saturated heterocycles. The second kappa shape index (κ2) is 5.95. The minimum Gasteiger partial charge on any atom is -0.492 e. The Kier molecular flexibility index (Phi) is 4.29. The molecule has 0 aliphatic heterocycles. The topological polar surface area (TPSA) is 21.3 Å². The highest BCUT2D eigenvalue weighted by Crippen LogP contribution is 2.30. The zero-order valence-corrected chi connectivity index (χ0v) is 10.9. The van der Waals surface area contributed by atoms with Gasteiger partial charge in [-0.2, -0.15) is 0 Å². The van der Waals surface area contributed by atoms with E-state index in [2.05, 4.69) is 24.4 Å². The number of hydrogen-bond donors (Lipinski definition) is 1. The van der Waals surface area contributed by atoms with Crippen molar-refractivity contribution >= 4 is 5.69 Å². The van der Waals surface area contributed by atoms with Crippen molar-refractivity contribution < 1.29 is 4.74 Å². The van der Waals surface area contributed by atoms with E-state index < -0.39 is 0 Å². The predicted octanol–water partition coefficient (Wildman–Crippen LogP) is 4.08. The Morgan fingerprint density at radius 3 is 2.59 bits per heavy atom. The van der Waals surface area contributed by atoms with Crippen LogP contribution in [0.4, 0.5) is 5.69 Å². The van der Waals surface area contributed by atoms with E-state index in [4.69, 9.17) is 4.74 Å². The fourth-order valence-corrected chi connectivity index (χ4v) is 2.49. The maximum absolute atomic E-state index is 5.64. The smallest absolute Gasteiger partial charge is 0.142 e. The van der Waals surface area contributed by atoms with Gasteiger partial charge in [-0.25, -0.2) is 0 Å². The molecule has 1 aliphatic carbocycles. The highest BCUT2D eigenvalue weighted by atomic mass is 16.5. The summed E-state index contributed by atoms with van der Waals surface area (Å²) in [7, 11) is 0. The Hall–Kier alpha value is -1.18. The summed E-state index contributed by atoms with van der Waals surface area (Å²) in [4.78, 5) is 0. The summed E-state index contributed by atoms with van der Waals surface area (Å²) in [6.45, 7) is 5.10. The molecule has 1 aliphatic rings. The molecule has 0 spiro atoms. The van der Waals surface area contributed by atoms with E-state index >= 15 is 0 Å². The van der Waals surface area contributed by atoms with Crippen LogP contribution in [-0.2, 0) is 0 Å². The first-order valence-corrected chi connectivity index (χ1v) is 6.78. The third-order valence-electron chi connectivity index (χ3n) is 3.56. The van der Waals surface area contributed by atoms with Crippen LogP contribution >= 0.6 is 0 Å². The summed E-state index contributed by atoms with van der Waals surface area (Å²) in [5, 5.41) is 3.63. The average Bonchev–Trinajstić information content (AvgIpc) is 2.35. The van der Waals surface area contributed by atoms with Gasteiger partial charge in [0.05, 0.1) is 12.3 Å². The van der Waals surface area contributed by atoms with Gasteiger partial charge in [0.15, 0.2) is 0 Å². The summed E-state index contributed by atoms with van der Waals surface area (Å²) in [6, 6.07) is 8.86. The van der Waals surface area contributed by atoms with E-state index in [1.165, 1.54) is 25.7 Å². The first kappa shape index (κ1) is 12.3. The molecule has 1 saturated carbocycles. The van der Waals surface area contributed by atoms with E-state index in [0.717, 1.165) is 24.0 Å². The molecule has 0 atom stereocenters. The molecular weight excluding hydrogens is 210 g/mol. The average molecular weight is 233 g/mol. The Balaban J connectivity index is 1.98. The predicted molar refractivity (Wildman–Crippen MR) is 72.7 cm³/mol. The lowest BCUT2D eigenvalue weighted by atomic mass is 9.87. The van der Waals surface area contributed by atoms with Gasteiger partial charge in [-0.15, -0.1) is 0 Å². The third-order valence-corrected chi connectivity index (χ3v) is 3.56. The van der Waals surface area contributed by atoms with Crippen LogP contribution in [0, 0.1) is 5.92 Å². The summed E-state index contributed by atoms with van der Waals surface area (Å²) >= 11 is 0. The van der Waals surface area contributed by atoms with Gasteiger partial charge in [0.25, 0.3) is 0 Å². The van der Waals surface area contributed by atoms with Crippen molar-refractivity contribution in [3.05, 3.63) is 24.3 Å². The van der Waals surface area contributed by atoms with E-state index in [1.807, 2.05) is 19.1 Å². The summed E-state index contributed by atoms with van der Waals surface area (Å²) < 4.78 is 5.64. The summed E-state index contributed by atoms with van der Waals surface area (Å²) in [6.07, 6.45) is 5.24. The van der Waals surface area contributed by atoms with Gasteiger partial charge in [0, 0.05) is 6.04 Å². The number of anilines is 1. The standard InChI is InChI=1S/C15H23NO/c1-3-17-15-7-5-4-6-14(15)16-13-10-8-12(2)9-11-13/h4-7,12-13,16H,3,8-11H2,1-2H3. The monoisotopic (exact) mass is 233 g/mol. The van der Waals surface area contributed by atoms with Crippen LogP contribution in [0.25, 0.3) is 0 Å². The normalized spacial score (nSPS) is 24.4. The molecule has 0 amide bonds. The first-order chi connectivity index (χ1) is 8.29. The third kappa shape index (κ3) is 3.39. The molecule has 0 unspecified atom stereocenters. The van der Waals surface area contributed by atoms with Crippen molar-refractivity contribution in [3.8, 4) is 5.75 Å². The van der Waals surface area contributed by atoms with Gasteiger partial charge >= 0.3 is 0 Å². The lowest BCUT2D eigenvalue weighted by Crippen LogP contribution is -2.25. The van der Waals surface area contributed by atoms with Crippen molar-refractivity contribution in [1.29, 1.82) is 0 Å². The minimum absolute atomic E-state index is 0.618. The molecular formula is C15H23NO. The largest absolute Gasteiger partial charge is 0.492 e. The highest BCUT2D eigenvalue weighted by molar-refractivity contribution is 5.56. The molecule has 0 aromatic heterocycles. The van der Waals surface area contributed by atoms with Crippen LogP contribution in [0.3, 0.4) is 0 Å². The van der Waals surface area contributed by atoms with Gasteiger partial charge in [-0.1, -0.05) is 19.1 Å². The van der Waals surface area contributed by atoms with Gasteiger partial charge < -0.3 is 10.1 Å². The zero-order valence-electron chi connectivity index (χ0n) is 10.9.